The number of amides is 2. The van der Waals surface area contributed by atoms with Crippen LogP contribution in [0.15, 0.2) is 42.7 Å². The molecule has 1 aromatic carbocycles. The molecule has 0 atom stereocenters. The SMILES string of the molecule is NC(=O)c1cccc(-c2ccnc3[nH]cc(NC=O)c23)c1. The Balaban J connectivity index is 2.24. The molecule has 0 spiro atoms. The third-order valence-electron chi connectivity index (χ3n) is 3.25. The summed E-state index contributed by atoms with van der Waals surface area (Å²) < 4.78 is 0. The van der Waals surface area contributed by atoms with Crippen molar-refractivity contribution in [3.8, 4) is 11.1 Å². The van der Waals surface area contributed by atoms with Gasteiger partial charge in [0, 0.05) is 18.0 Å². The molecule has 4 N–H and O–H groups in total. The van der Waals surface area contributed by atoms with Crippen LogP contribution in [0.4, 0.5) is 5.69 Å². The normalized spacial score (nSPS) is 10.5. The Bertz CT molecular complexity index is 839. The second kappa shape index (κ2) is 5.09. The molecule has 3 rings (SSSR count). The van der Waals surface area contributed by atoms with Gasteiger partial charge in [-0.1, -0.05) is 12.1 Å². The highest BCUT2D eigenvalue weighted by molar-refractivity contribution is 6.05. The summed E-state index contributed by atoms with van der Waals surface area (Å²) in [7, 11) is 0. The molecule has 6 heteroatoms. The summed E-state index contributed by atoms with van der Waals surface area (Å²) in [4.78, 5) is 29.2. The summed E-state index contributed by atoms with van der Waals surface area (Å²) in [5.41, 5.74) is 8.71. The highest BCUT2D eigenvalue weighted by Gasteiger charge is 2.12. The Kier molecular flexibility index (Phi) is 3.12. The van der Waals surface area contributed by atoms with Crippen LogP contribution in [-0.2, 0) is 4.79 Å². The number of nitrogens with one attached hydrogen (secondary N) is 2. The van der Waals surface area contributed by atoms with Crippen LogP contribution in [0.3, 0.4) is 0 Å². The number of nitrogens with two attached hydrogens (primary N) is 1. The van der Waals surface area contributed by atoms with Gasteiger partial charge < -0.3 is 16.0 Å². The number of aromatic amines is 1. The number of hydrogen-bond donors (Lipinski definition) is 3. The molecular weight excluding hydrogens is 268 g/mol. The third-order valence-corrected chi connectivity index (χ3v) is 3.25. The van der Waals surface area contributed by atoms with E-state index >= 15 is 0 Å². The second-order valence-electron chi connectivity index (χ2n) is 4.49. The predicted molar refractivity (Wildman–Crippen MR) is 79.7 cm³/mol. The molecule has 21 heavy (non-hydrogen) atoms. The van der Waals surface area contributed by atoms with Gasteiger partial charge in [-0.3, -0.25) is 9.59 Å². The summed E-state index contributed by atoms with van der Waals surface area (Å²) in [6, 6.07) is 8.84. The molecule has 0 aliphatic heterocycles. The van der Waals surface area contributed by atoms with Crippen molar-refractivity contribution >= 4 is 29.0 Å². The van der Waals surface area contributed by atoms with Gasteiger partial charge >= 0.3 is 0 Å². The average molecular weight is 280 g/mol. The predicted octanol–water partition coefficient (Wildman–Crippen LogP) is 1.90. The summed E-state index contributed by atoms with van der Waals surface area (Å²) >= 11 is 0. The van der Waals surface area contributed by atoms with Crippen molar-refractivity contribution in [3.05, 3.63) is 48.3 Å². The van der Waals surface area contributed by atoms with E-state index in [0.29, 0.717) is 23.3 Å². The molecule has 0 radical (unpaired) electrons. The largest absolute Gasteiger partial charge is 0.366 e. The average Bonchev–Trinajstić information content (AvgIpc) is 2.91. The number of carbonyl (C=O) groups is 2. The van der Waals surface area contributed by atoms with Crippen molar-refractivity contribution in [1.29, 1.82) is 0 Å². The zero-order valence-electron chi connectivity index (χ0n) is 11.0. The lowest BCUT2D eigenvalue weighted by Crippen LogP contribution is -2.10. The summed E-state index contributed by atoms with van der Waals surface area (Å²) in [6.45, 7) is 0. The maximum absolute atomic E-state index is 11.3. The molecule has 0 fully saturated rings. The molecule has 0 aliphatic rings. The molecule has 104 valence electrons. The van der Waals surface area contributed by atoms with Crippen molar-refractivity contribution in [2.75, 3.05) is 5.32 Å². The van der Waals surface area contributed by atoms with E-state index in [-0.39, 0.29) is 0 Å². The first-order valence-electron chi connectivity index (χ1n) is 6.27. The number of carbonyl (C=O) groups excluding carboxylic acids is 2. The summed E-state index contributed by atoms with van der Waals surface area (Å²) in [6.07, 6.45) is 3.95. The van der Waals surface area contributed by atoms with Crippen LogP contribution in [0, 0.1) is 0 Å². The molecule has 2 aromatic heterocycles. The van der Waals surface area contributed by atoms with Crippen molar-refractivity contribution in [3.63, 3.8) is 0 Å². The van der Waals surface area contributed by atoms with E-state index in [9.17, 15) is 9.59 Å². The topological polar surface area (TPSA) is 101 Å². The van der Waals surface area contributed by atoms with Gasteiger partial charge in [0.15, 0.2) is 0 Å². The Morgan fingerprint density at radius 3 is 2.95 bits per heavy atom. The standard InChI is InChI=1S/C15H12N4O2/c16-14(21)10-3-1-2-9(6-10)11-4-5-17-15-13(11)12(7-18-15)19-8-20/h1-8H,(H2,16,21)(H,17,18)(H,19,20). The second-order valence-corrected chi connectivity index (χ2v) is 4.49. The van der Waals surface area contributed by atoms with E-state index in [4.69, 9.17) is 5.73 Å². The van der Waals surface area contributed by atoms with Gasteiger partial charge in [0.1, 0.15) is 5.65 Å². The van der Waals surface area contributed by atoms with Crippen LogP contribution in [-0.4, -0.2) is 22.3 Å². The number of benzene rings is 1. The van der Waals surface area contributed by atoms with Crippen LogP contribution in [0.25, 0.3) is 22.2 Å². The van der Waals surface area contributed by atoms with Crippen molar-refractivity contribution in [2.45, 2.75) is 0 Å². The molecule has 6 nitrogen and oxygen atoms in total. The van der Waals surface area contributed by atoms with Gasteiger partial charge in [-0.15, -0.1) is 0 Å². The van der Waals surface area contributed by atoms with Crippen LogP contribution in [0.1, 0.15) is 10.4 Å². The molecule has 2 amide bonds. The lowest BCUT2D eigenvalue weighted by molar-refractivity contribution is -0.105. The minimum absolute atomic E-state index is 0.429. The highest BCUT2D eigenvalue weighted by atomic mass is 16.1. The molecular formula is C15H12N4O2. The van der Waals surface area contributed by atoms with E-state index in [0.717, 1.165) is 16.5 Å². The van der Waals surface area contributed by atoms with Gasteiger partial charge in [0.25, 0.3) is 0 Å². The molecule has 0 unspecified atom stereocenters. The van der Waals surface area contributed by atoms with E-state index in [2.05, 4.69) is 15.3 Å². The Labute approximate surface area is 120 Å². The molecule has 3 aromatic rings. The van der Waals surface area contributed by atoms with Gasteiger partial charge in [-0.25, -0.2) is 4.98 Å². The minimum atomic E-state index is -0.484. The van der Waals surface area contributed by atoms with Gasteiger partial charge in [0.05, 0.1) is 11.1 Å². The highest BCUT2D eigenvalue weighted by Crippen LogP contribution is 2.32. The smallest absolute Gasteiger partial charge is 0.248 e. The number of rotatable bonds is 4. The van der Waals surface area contributed by atoms with Crippen LogP contribution in [0.5, 0.6) is 0 Å². The molecule has 0 saturated carbocycles. The summed E-state index contributed by atoms with van der Waals surface area (Å²) in [5, 5.41) is 3.42. The fraction of sp³-hybridized carbons (Fsp3) is 0. The first-order chi connectivity index (χ1) is 10.2. The van der Waals surface area contributed by atoms with E-state index in [1.54, 1.807) is 30.6 Å². The molecule has 0 aliphatic carbocycles. The number of nitrogens with zero attached hydrogens (tertiary/aromatic N) is 1. The first-order valence-corrected chi connectivity index (χ1v) is 6.27. The van der Waals surface area contributed by atoms with Gasteiger partial charge in [0.2, 0.25) is 12.3 Å². The number of primary amides is 1. The van der Waals surface area contributed by atoms with E-state index in [1.165, 1.54) is 0 Å². The Morgan fingerprint density at radius 1 is 1.33 bits per heavy atom. The maximum atomic E-state index is 11.3. The summed E-state index contributed by atoms with van der Waals surface area (Å²) in [5.74, 6) is -0.484. The number of H-pyrrole nitrogens is 1. The number of anilines is 1. The quantitative estimate of drug-likeness (QED) is 0.636. The van der Waals surface area contributed by atoms with Gasteiger partial charge in [-0.05, 0) is 29.3 Å². The van der Waals surface area contributed by atoms with Crippen LogP contribution < -0.4 is 11.1 Å². The van der Waals surface area contributed by atoms with Gasteiger partial charge in [-0.2, -0.15) is 0 Å². The lowest BCUT2D eigenvalue weighted by Gasteiger charge is -2.06. The monoisotopic (exact) mass is 280 g/mol. The molecule has 0 saturated heterocycles. The molecule has 2 heterocycles. The third kappa shape index (κ3) is 2.23. The Hall–Kier alpha value is -3.15. The first kappa shape index (κ1) is 12.9. The number of fused-ring (bicyclic) bond motifs is 1. The van der Waals surface area contributed by atoms with Crippen molar-refractivity contribution in [1.82, 2.24) is 9.97 Å². The van der Waals surface area contributed by atoms with Crippen molar-refractivity contribution < 1.29 is 9.59 Å². The number of hydrogen-bond acceptors (Lipinski definition) is 3. The number of pyridine rings is 1. The Morgan fingerprint density at radius 2 is 2.19 bits per heavy atom. The zero-order valence-corrected chi connectivity index (χ0v) is 11.0. The van der Waals surface area contributed by atoms with E-state index < -0.39 is 5.91 Å². The maximum Gasteiger partial charge on any atom is 0.248 e. The van der Waals surface area contributed by atoms with Crippen LogP contribution >= 0.6 is 0 Å². The van der Waals surface area contributed by atoms with E-state index in [1.807, 2.05) is 12.1 Å². The fourth-order valence-electron chi connectivity index (χ4n) is 2.31. The fourth-order valence-corrected chi connectivity index (χ4v) is 2.31. The number of aromatic nitrogens is 2. The minimum Gasteiger partial charge on any atom is -0.366 e. The lowest BCUT2D eigenvalue weighted by atomic mass is 10.0. The van der Waals surface area contributed by atoms with Crippen LogP contribution in [0.2, 0.25) is 0 Å². The van der Waals surface area contributed by atoms with Crippen molar-refractivity contribution in [2.24, 2.45) is 5.73 Å². The molecule has 0 bridgehead atoms. The zero-order chi connectivity index (χ0) is 14.8.